The van der Waals surface area contributed by atoms with E-state index in [2.05, 4.69) is 39.4 Å². The van der Waals surface area contributed by atoms with E-state index >= 15 is 0 Å². The number of ether oxygens (including phenoxy) is 1. The highest BCUT2D eigenvalue weighted by Crippen LogP contribution is 2.30. The van der Waals surface area contributed by atoms with Crippen LogP contribution in [-0.2, 0) is 4.79 Å². The molecule has 6 nitrogen and oxygen atoms in total. The number of aromatic nitrogens is 3. The lowest BCUT2D eigenvalue weighted by Crippen LogP contribution is -2.38. The minimum Gasteiger partial charge on any atom is -0.474 e. The Balaban J connectivity index is 1.31. The second-order valence-electron chi connectivity index (χ2n) is 8.89. The topological polar surface area (TPSA) is 71.1 Å². The van der Waals surface area contributed by atoms with Gasteiger partial charge in [0.2, 0.25) is 11.8 Å². The van der Waals surface area contributed by atoms with Crippen molar-refractivity contribution in [3.63, 3.8) is 0 Å². The highest BCUT2D eigenvalue weighted by atomic mass is 16.5. The summed E-state index contributed by atoms with van der Waals surface area (Å²) in [5.74, 6) is 1.04. The predicted molar refractivity (Wildman–Crippen MR) is 125 cm³/mol. The van der Waals surface area contributed by atoms with Gasteiger partial charge in [0.1, 0.15) is 6.10 Å². The van der Waals surface area contributed by atoms with Crippen LogP contribution < -0.4 is 4.74 Å². The third kappa shape index (κ3) is 4.54. The van der Waals surface area contributed by atoms with Crippen molar-refractivity contribution in [2.75, 3.05) is 13.1 Å². The molecule has 2 fully saturated rings. The lowest BCUT2D eigenvalue weighted by Gasteiger charge is -2.32. The van der Waals surface area contributed by atoms with Gasteiger partial charge in [-0.05, 0) is 56.2 Å². The molecular weight excluding hydrogens is 400 g/mol. The highest BCUT2D eigenvalue weighted by Gasteiger charge is 2.24. The zero-order valence-corrected chi connectivity index (χ0v) is 18.4. The predicted octanol–water partition coefficient (Wildman–Crippen LogP) is 5.09. The molecule has 32 heavy (non-hydrogen) atoms. The van der Waals surface area contributed by atoms with Gasteiger partial charge in [-0.25, -0.2) is 4.98 Å². The first-order chi connectivity index (χ1) is 15.8. The van der Waals surface area contributed by atoms with Gasteiger partial charge in [-0.1, -0.05) is 36.8 Å². The molecule has 6 heteroatoms. The zero-order valence-electron chi connectivity index (χ0n) is 18.4. The SMILES string of the molecule is O=C(/C=C/c1[nH]nc2ccnc(OC3CCCCC3)c12)N1CCCC(c2ccccc2)C1. The summed E-state index contributed by atoms with van der Waals surface area (Å²) in [6, 6.07) is 12.4. The van der Waals surface area contributed by atoms with Crippen LogP contribution in [0, 0.1) is 0 Å². The van der Waals surface area contributed by atoms with Crippen molar-refractivity contribution in [3.05, 3.63) is 59.9 Å². The van der Waals surface area contributed by atoms with Crippen LogP contribution in [-0.4, -0.2) is 45.2 Å². The summed E-state index contributed by atoms with van der Waals surface area (Å²) >= 11 is 0. The van der Waals surface area contributed by atoms with Crippen molar-refractivity contribution < 1.29 is 9.53 Å². The Morgan fingerprint density at radius 1 is 1.06 bits per heavy atom. The van der Waals surface area contributed by atoms with Crippen LogP contribution in [0.2, 0.25) is 0 Å². The maximum atomic E-state index is 13.0. The number of benzene rings is 1. The van der Waals surface area contributed by atoms with Crippen molar-refractivity contribution >= 4 is 22.9 Å². The molecule has 1 saturated carbocycles. The Morgan fingerprint density at radius 2 is 1.91 bits per heavy atom. The molecule has 0 radical (unpaired) electrons. The first kappa shape index (κ1) is 20.7. The number of hydrogen-bond donors (Lipinski definition) is 1. The summed E-state index contributed by atoms with van der Waals surface area (Å²) < 4.78 is 6.25. The molecule has 0 bridgehead atoms. The summed E-state index contributed by atoms with van der Waals surface area (Å²) in [6.45, 7) is 1.56. The van der Waals surface area contributed by atoms with E-state index in [0.717, 1.165) is 55.4 Å². The van der Waals surface area contributed by atoms with E-state index in [-0.39, 0.29) is 12.0 Å². The first-order valence-corrected chi connectivity index (χ1v) is 11.8. The van der Waals surface area contributed by atoms with Gasteiger partial charge in [0.25, 0.3) is 0 Å². The highest BCUT2D eigenvalue weighted by molar-refractivity contribution is 5.96. The summed E-state index contributed by atoms with van der Waals surface area (Å²) in [7, 11) is 0. The maximum absolute atomic E-state index is 13.0. The number of pyridine rings is 1. The summed E-state index contributed by atoms with van der Waals surface area (Å²) in [6.07, 6.45) is 13.4. The summed E-state index contributed by atoms with van der Waals surface area (Å²) in [5.41, 5.74) is 2.88. The number of carbonyl (C=O) groups excluding carboxylic acids is 1. The van der Waals surface area contributed by atoms with Gasteiger partial charge in [0, 0.05) is 31.3 Å². The molecule has 3 aromatic rings. The average Bonchev–Trinajstić information content (AvgIpc) is 3.28. The number of rotatable bonds is 5. The largest absolute Gasteiger partial charge is 0.474 e. The van der Waals surface area contributed by atoms with Crippen molar-refractivity contribution in [1.29, 1.82) is 0 Å². The number of H-pyrrole nitrogens is 1. The van der Waals surface area contributed by atoms with E-state index in [9.17, 15) is 4.79 Å². The summed E-state index contributed by atoms with van der Waals surface area (Å²) in [4.78, 5) is 19.4. The fourth-order valence-electron chi connectivity index (χ4n) is 4.94. The summed E-state index contributed by atoms with van der Waals surface area (Å²) in [5, 5.41) is 8.30. The minimum atomic E-state index is 0.0343. The van der Waals surface area contributed by atoms with E-state index in [1.807, 2.05) is 23.1 Å². The second kappa shape index (κ2) is 9.55. The third-order valence-electron chi connectivity index (χ3n) is 6.69. The van der Waals surface area contributed by atoms with Gasteiger partial charge in [-0.15, -0.1) is 0 Å². The molecule has 1 unspecified atom stereocenters. The molecule has 1 N–H and O–H groups in total. The fraction of sp³-hybridized carbons (Fsp3) is 0.423. The Bertz CT molecular complexity index is 1090. The minimum absolute atomic E-state index is 0.0343. The lowest BCUT2D eigenvalue weighted by molar-refractivity contribution is -0.127. The number of hydrogen-bond acceptors (Lipinski definition) is 4. The molecular formula is C26H30N4O2. The van der Waals surface area contributed by atoms with Crippen LogP contribution in [0.25, 0.3) is 17.0 Å². The van der Waals surface area contributed by atoms with E-state index in [4.69, 9.17) is 4.74 Å². The van der Waals surface area contributed by atoms with Crippen LogP contribution in [0.4, 0.5) is 0 Å². The number of likely N-dealkylation sites (tertiary alicyclic amines) is 1. The number of amides is 1. The van der Waals surface area contributed by atoms with Crippen molar-refractivity contribution in [1.82, 2.24) is 20.1 Å². The lowest BCUT2D eigenvalue weighted by atomic mass is 9.90. The first-order valence-electron chi connectivity index (χ1n) is 11.8. The van der Waals surface area contributed by atoms with Crippen molar-refractivity contribution in [3.8, 4) is 5.88 Å². The molecule has 0 spiro atoms. The van der Waals surface area contributed by atoms with Gasteiger partial charge in [-0.3, -0.25) is 9.89 Å². The van der Waals surface area contributed by atoms with Crippen LogP contribution in [0.15, 0.2) is 48.7 Å². The van der Waals surface area contributed by atoms with E-state index in [1.54, 1.807) is 12.3 Å². The normalized spacial score (nSPS) is 20.1. The van der Waals surface area contributed by atoms with Crippen LogP contribution in [0.3, 0.4) is 0 Å². The smallest absolute Gasteiger partial charge is 0.246 e. The number of nitrogens with one attached hydrogen (secondary N) is 1. The van der Waals surface area contributed by atoms with E-state index in [1.165, 1.54) is 24.8 Å². The van der Waals surface area contributed by atoms with Gasteiger partial charge in [0.05, 0.1) is 16.6 Å². The molecule has 5 rings (SSSR count). The molecule has 2 aliphatic rings. The Labute approximate surface area is 188 Å². The van der Waals surface area contributed by atoms with Crippen LogP contribution in [0.1, 0.15) is 62.1 Å². The Hall–Kier alpha value is -3.15. The van der Waals surface area contributed by atoms with Crippen LogP contribution >= 0.6 is 0 Å². The number of carbonyl (C=O) groups is 1. The molecule has 1 atom stereocenters. The van der Waals surface area contributed by atoms with Crippen molar-refractivity contribution in [2.24, 2.45) is 0 Å². The van der Waals surface area contributed by atoms with Gasteiger partial charge in [-0.2, -0.15) is 5.10 Å². The third-order valence-corrected chi connectivity index (χ3v) is 6.69. The average molecular weight is 431 g/mol. The maximum Gasteiger partial charge on any atom is 0.246 e. The van der Waals surface area contributed by atoms with Crippen LogP contribution in [0.5, 0.6) is 5.88 Å². The second-order valence-corrected chi connectivity index (χ2v) is 8.89. The molecule has 1 aliphatic heterocycles. The molecule has 1 aromatic carbocycles. The molecule has 166 valence electrons. The number of fused-ring (bicyclic) bond motifs is 1. The number of piperidine rings is 1. The van der Waals surface area contributed by atoms with E-state index < -0.39 is 0 Å². The standard InChI is InChI=1S/C26H30N4O2/c31-24(30-17-7-10-20(18-30)19-8-3-1-4-9-19)14-13-22-25-23(29-28-22)15-16-27-26(25)32-21-11-5-2-6-12-21/h1,3-4,8-9,13-16,20-21H,2,5-7,10-12,17-18H2,(H,28,29)/b14-13+. The van der Waals surface area contributed by atoms with E-state index in [0.29, 0.717) is 11.8 Å². The zero-order chi connectivity index (χ0) is 21.8. The van der Waals surface area contributed by atoms with Gasteiger partial charge in [0.15, 0.2) is 0 Å². The van der Waals surface area contributed by atoms with Crippen molar-refractivity contribution in [2.45, 2.75) is 57.0 Å². The quantitative estimate of drug-likeness (QED) is 0.573. The monoisotopic (exact) mass is 430 g/mol. The number of aromatic amines is 1. The Morgan fingerprint density at radius 3 is 2.75 bits per heavy atom. The fourth-order valence-corrected chi connectivity index (χ4v) is 4.94. The molecule has 1 amide bonds. The molecule has 3 heterocycles. The van der Waals surface area contributed by atoms with Gasteiger partial charge >= 0.3 is 0 Å². The number of nitrogens with zero attached hydrogens (tertiary/aromatic N) is 3. The molecule has 1 aliphatic carbocycles. The van der Waals surface area contributed by atoms with Gasteiger partial charge < -0.3 is 9.64 Å². The molecule has 2 aromatic heterocycles. The Kier molecular flexibility index (Phi) is 6.19. The molecule has 1 saturated heterocycles.